The van der Waals surface area contributed by atoms with Gasteiger partial charge in [-0.15, -0.1) is 22.7 Å². The van der Waals surface area contributed by atoms with Gasteiger partial charge in [-0.25, -0.2) is 0 Å². The molecule has 2 aromatic rings. The Bertz CT molecular complexity index is 552. The minimum atomic E-state index is 0.304. The monoisotopic (exact) mass is 357 g/mol. The van der Waals surface area contributed by atoms with Crippen molar-refractivity contribution in [2.45, 2.75) is 43.5 Å². The smallest absolute Gasteiger partial charge is 0.0931 e. The van der Waals surface area contributed by atoms with Crippen molar-refractivity contribution in [2.75, 3.05) is 5.75 Å². The maximum absolute atomic E-state index is 6.14. The highest BCUT2D eigenvalue weighted by molar-refractivity contribution is 7.99. The van der Waals surface area contributed by atoms with Crippen LogP contribution in [0.25, 0.3) is 0 Å². The third-order valence-electron chi connectivity index (χ3n) is 3.90. The first-order valence-electron chi connectivity index (χ1n) is 7.42. The summed E-state index contributed by atoms with van der Waals surface area (Å²) in [6.07, 6.45) is 3.93. The number of thioether (sulfide) groups is 1. The maximum atomic E-state index is 6.14. The summed E-state index contributed by atoms with van der Waals surface area (Å²) in [5.41, 5.74) is 0. The van der Waals surface area contributed by atoms with Crippen LogP contribution in [-0.4, -0.2) is 17.0 Å². The Morgan fingerprint density at radius 3 is 2.90 bits per heavy atom. The third-order valence-corrected chi connectivity index (χ3v) is 7.36. The summed E-state index contributed by atoms with van der Waals surface area (Å²) < 4.78 is 0.874. The number of hydrogen-bond donors (Lipinski definition) is 1. The van der Waals surface area contributed by atoms with Crippen LogP contribution in [0, 0.1) is 0 Å². The summed E-state index contributed by atoms with van der Waals surface area (Å²) in [6.45, 7) is 2.26. The summed E-state index contributed by atoms with van der Waals surface area (Å²) in [5.74, 6) is 1.23. The molecular weight excluding hydrogens is 338 g/mol. The van der Waals surface area contributed by atoms with Crippen LogP contribution in [0.1, 0.15) is 42.0 Å². The Labute approximate surface area is 144 Å². The fourth-order valence-corrected chi connectivity index (χ4v) is 6.12. The summed E-state index contributed by atoms with van der Waals surface area (Å²) in [5, 5.41) is 6.88. The molecule has 5 heteroatoms. The standard InChI is InChI=1S/C16H20ClNS3/c1-2-19-12-6-5-11(10-12)18-16(13-4-3-9-20-13)14-7-8-15(17)21-14/h3-4,7-9,11-12,16,18H,2,5-6,10H2,1H3. The molecule has 2 aromatic heterocycles. The molecule has 0 saturated heterocycles. The molecule has 1 aliphatic carbocycles. The number of thiophene rings is 2. The van der Waals surface area contributed by atoms with Crippen molar-refractivity contribution in [3.8, 4) is 0 Å². The van der Waals surface area contributed by atoms with Crippen LogP contribution in [0.15, 0.2) is 29.6 Å². The van der Waals surface area contributed by atoms with Crippen LogP contribution < -0.4 is 5.32 Å². The summed E-state index contributed by atoms with van der Waals surface area (Å²) in [4.78, 5) is 2.72. The topological polar surface area (TPSA) is 12.0 Å². The molecule has 114 valence electrons. The fraction of sp³-hybridized carbons (Fsp3) is 0.500. The predicted octanol–water partition coefficient (Wildman–Crippen LogP) is 5.82. The normalized spacial score (nSPS) is 23.5. The Kier molecular flexibility index (Phi) is 5.68. The molecule has 1 nitrogen and oxygen atoms in total. The Morgan fingerprint density at radius 2 is 2.24 bits per heavy atom. The minimum absolute atomic E-state index is 0.304. The van der Waals surface area contributed by atoms with Crippen molar-refractivity contribution in [3.05, 3.63) is 43.7 Å². The highest BCUT2D eigenvalue weighted by Gasteiger charge is 2.28. The predicted molar refractivity (Wildman–Crippen MR) is 98.2 cm³/mol. The molecule has 3 unspecified atom stereocenters. The van der Waals surface area contributed by atoms with E-state index >= 15 is 0 Å². The van der Waals surface area contributed by atoms with Crippen LogP contribution in [0.3, 0.4) is 0 Å². The highest BCUT2D eigenvalue weighted by Crippen LogP contribution is 2.36. The average Bonchev–Trinajstić information content (AvgIpc) is 3.18. The van der Waals surface area contributed by atoms with Crippen molar-refractivity contribution < 1.29 is 0 Å². The van der Waals surface area contributed by atoms with Gasteiger partial charge < -0.3 is 5.32 Å². The van der Waals surface area contributed by atoms with E-state index in [4.69, 9.17) is 11.6 Å². The van der Waals surface area contributed by atoms with E-state index in [0.29, 0.717) is 12.1 Å². The van der Waals surface area contributed by atoms with Crippen molar-refractivity contribution >= 4 is 46.0 Å². The van der Waals surface area contributed by atoms with E-state index < -0.39 is 0 Å². The molecule has 21 heavy (non-hydrogen) atoms. The van der Waals surface area contributed by atoms with Gasteiger partial charge in [0.15, 0.2) is 0 Å². The van der Waals surface area contributed by atoms with E-state index in [9.17, 15) is 0 Å². The van der Waals surface area contributed by atoms with Gasteiger partial charge in [-0.1, -0.05) is 24.6 Å². The van der Waals surface area contributed by atoms with E-state index in [-0.39, 0.29) is 0 Å². The maximum Gasteiger partial charge on any atom is 0.0931 e. The Hall–Kier alpha value is -0.0000000000000000278. The summed E-state index contributed by atoms with van der Waals surface area (Å²) in [7, 11) is 0. The van der Waals surface area contributed by atoms with Crippen molar-refractivity contribution in [2.24, 2.45) is 0 Å². The average molecular weight is 358 g/mol. The van der Waals surface area contributed by atoms with Crippen LogP contribution in [0.4, 0.5) is 0 Å². The van der Waals surface area contributed by atoms with Crippen molar-refractivity contribution in [1.29, 1.82) is 0 Å². The third kappa shape index (κ3) is 4.05. The SMILES string of the molecule is CCSC1CCC(NC(c2cccs2)c2ccc(Cl)s2)C1. The molecule has 1 saturated carbocycles. The van der Waals surface area contributed by atoms with Gasteiger partial charge >= 0.3 is 0 Å². The van der Waals surface area contributed by atoms with Crippen LogP contribution in [0.5, 0.6) is 0 Å². The molecule has 0 aliphatic heterocycles. The molecular formula is C16H20ClNS3. The molecule has 1 fully saturated rings. The minimum Gasteiger partial charge on any atom is -0.302 e. The zero-order valence-corrected chi connectivity index (χ0v) is 15.3. The van der Waals surface area contributed by atoms with E-state index in [0.717, 1.165) is 9.59 Å². The van der Waals surface area contributed by atoms with E-state index in [2.05, 4.69) is 47.6 Å². The number of rotatable bonds is 6. The molecule has 1 aliphatic rings. The van der Waals surface area contributed by atoms with E-state index in [1.165, 1.54) is 34.8 Å². The first-order chi connectivity index (χ1) is 10.3. The van der Waals surface area contributed by atoms with Crippen LogP contribution >= 0.6 is 46.0 Å². The Balaban J connectivity index is 1.72. The molecule has 0 spiro atoms. The molecule has 0 amide bonds. The van der Waals surface area contributed by atoms with Gasteiger partial charge in [-0.2, -0.15) is 11.8 Å². The van der Waals surface area contributed by atoms with Gasteiger partial charge in [0, 0.05) is 21.0 Å². The summed E-state index contributed by atoms with van der Waals surface area (Å²) in [6, 6.07) is 9.46. The lowest BCUT2D eigenvalue weighted by Gasteiger charge is -2.21. The second kappa shape index (κ2) is 7.51. The second-order valence-corrected chi connectivity index (χ2v) is 9.65. The van der Waals surface area contributed by atoms with E-state index in [1.54, 1.807) is 11.3 Å². The zero-order valence-electron chi connectivity index (χ0n) is 12.0. The van der Waals surface area contributed by atoms with Gasteiger partial charge in [0.25, 0.3) is 0 Å². The lowest BCUT2D eigenvalue weighted by molar-refractivity contribution is 0.487. The van der Waals surface area contributed by atoms with Crippen LogP contribution in [0.2, 0.25) is 4.34 Å². The van der Waals surface area contributed by atoms with Gasteiger partial charge in [-0.3, -0.25) is 0 Å². The van der Waals surface area contributed by atoms with Gasteiger partial charge in [0.05, 0.1) is 10.4 Å². The molecule has 0 radical (unpaired) electrons. The fourth-order valence-electron chi connectivity index (χ4n) is 2.96. The molecule has 3 atom stereocenters. The number of nitrogens with one attached hydrogen (secondary N) is 1. The first-order valence-corrected chi connectivity index (χ1v) is 10.5. The van der Waals surface area contributed by atoms with Crippen molar-refractivity contribution in [3.63, 3.8) is 0 Å². The number of halogens is 1. The lowest BCUT2D eigenvalue weighted by Crippen LogP contribution is -2.31. The van der Waals surface area contributed by atoms with Crippen molar-refractivity contribution in [1.82, 2.24) is 5.32 Å². The molecule has 2 heterocycles. The quantitative estimate of drug-likeness (QED) is 0.699. The second-order valence-electron chi connectivity index (χ2n) is 5.34. The highest BCUT2D eigenvalue weighted by atomic mass is 35.5. The molecule has 1 N–H and O–H groups in total. The molecule has 3 rings (SSSR count). The number of hydrogen-bond acceptors (Lipinski definition) is 4. The molecule has 0 aromatic carbocycles. The Morgan fingerprint density at radius 1 is 1.33 bits per heavy atom. The summed E-state index contributed by atoms with van der Waals surface area (Å²) >= 11 is 11.8. The van der Waals surface area contributed by atoms with Gasteiger partial charge in [0.1, 0.15) is 0 Å². The van der Waals surface area contributed by atoms with Gasteiger partial charge in [0.2, 0.25) is 0 Å². The molecule has 0 bridgehead atoms. The largest absolute Gasteiger partial charge is 0.302 e. The van der Waals surface area contributed by atoms with Crippen LogP contribution in [-0.2, 0) is 0 Å². The first kappa shape index (κ1) is 15.9. The van der Waals surface area contributed by atoms with E-state index in [1.807, 2.05) is 17.4 Å². The zero-order chi connectivity index (χ0) is 14.7. The van der Waals surface area contributed by atoms with Gasteiger partial charge in [-0.05, 0) is 48.6 Å². The lowest BCUT2D eigenvalue weighted by atomic mass is 10.1.